The van der Waals surface area contributed by atoms with Crippen LogP contribution in [0.4, 0.5) is 5.69 Å². The maximum Gasteiger partial charge on any atom is 0.328 e. The van der Waals surface area contributed by atoms with Crippen LogP contribution in [-0.4, -0.2) is 53.8 Å². The summed E-state index contributed by atoms with van der Waals surface area (Å²) in [5.74, 6) is -2.07. The third-order valence-corrected chi connectivity index (χ3v) is 5.67. The molecular formula is C25H32N2O6. The van der Waals surface area contributed by atoms with Crippen LogP contribution < -0.4 is 10.2 Å². The number of phenolic OH excluding ortho intramolecular Hbond substituents is 1. The molecule has 0 heterocycles. The van der Waals surface area contributed by atoms with E-state index in [1.54, 1.807) is 49.4 Å². The zero-order chi connectivity index (χ0) is 24.6. The Balaban J connectivity index is 2.22. The van der Waals surface area contributed by atoms with Crippen LogP contribution in [0.5, 0.6) is 5.75 Å². The molecule has 0 radical (unpaired) electrons. The van der Waals surface area contributed by atoms with E-state index < -0.39 is 36.4 Å². The van der Waals surface area contributed by atoms with E-state index >= 15 is 0 Å². The minimum Gasteiger partial charge on any atom is -0.508 e. The number of esters is 1. The van der Waals surface area contributed by atoms with Gasteiger partial charge in [0.1, 0.15) is 11.8 Å². The molecule has 0 aliphatic carbocycles. The Hall–Kier alpha value is -3.39. The van der Waals surface area contributed by atoms with Crippen LogP contribution in [0, 0.1) is 0 Å². The highest BCUT2D eigenvalue weighted by Crippen LogP contribution is 2.28. The van der Waals surface area contributed by atoms with Crippen LogP contribution >= 0.6 is 0 Å². The number of aromatic hydroxyl groups is 1. The number of amides is 1. The number of aliphatic carboxylic acids is 1. The second kappa shape index (κ2) is 11.5. The third kappa shape index (κ3) is 7.05. The van der Waals surface area contributed by atoms with Crippen molar-refractivity contribution in [2.45, 2.75) is 51.1 Å². The Bertz CT molecular complexity index is 943. The number of carboxylic acid groups (broad SMARTS) is 1. The maximum absolute atomic E-state index is 13.5. The summed E-state index contributed by atoms with van der Waals surface area (Å²) < 4.78 is 4.82. The fourth-order valence-electron chi connectivity index (χ4n) is 3.61. The van der Waals surface area contributed by atoms with Crippen molar-refractivity contribution in [1.82, 2.24) is 5.32 Å². The Morgan fingerprint density at radius 3 is 2.21 bits per heavy atom. The molecule has 8 nitrogen and oxygen atoms in total. The van der Waals surface area contributed by atoms with E-state index in [4.69, 9.17) is 4.74 Å². The number of anilines is 1. The lowest BCUT2D eigenvalue weighted by molar-refractivity contribution is -0.143. The van der Waals surface area contributed by atoms with Gasteiger partial charge < -0.3 is 20.3 Å². The first-order chi connectivity index (χ1) is 15.6. The second-order valence-electron chi connectivity index (χ2n) is 8.53. The molecule has 2 atom stereocenters. The molecule has 2 rings (SSSR count). The molecule has 0 fully saturated rings. The first-order valence-corrected chi connectivity index (χ1v) is 10.8. The molecule has 2 aromatic carbocycles. The quantitative estimate of drug-likeness (QED) is 0.445. The highest BCUT2D eigenvalue weighted by molar-refractivity contribution is 6.03. The van der Waals surface area contributed by atoms with Crippen molar-refractivity contribution in [3.8, 4) is 5.75 Å². The average Bonchev–Trinajstić information content (AvgIpc) is 2.78. The predicted molar refractivity (Wildman–Crippen MR) is 125 cm³/mol. The first kappa shape index (κ1) is 25.9. The Morgan fingerprint density at radius 1 is 1.06 bits per heavy atom. The SMILES string of the molecule is COC(=O)[C@H](C)N(C(=O)[C@H](CC(=O)O)NCCC(C)(C)c1ccc(O)cc1)c1ccccc1. The fourth-order valence-corrected chi connectivity index (χ4v) is 3.61. The van der Waals surface area contributed by atoms with Crippen LogP contribution in [-0.2, 0) is 24.5 Å². The van der Waals surface area contributed by atoms with Crippen molar-refractivity contribution < 1.29 is 29.3 Å². The number of carbonyl (C=O) groups excluding carboxylic acids is 2. The number of ether oxygens (including phenoxy) is 1. The molecule has 1 amide bonds. The van der Waals surface area contributed by atoms with Gasteiger partial charge >= 0.3 is 11.9 Å². The molecule has 0 spiro atoms. The number of nitrogens with zero attached hydrogens (tertiary/aromatic N) is 1. The minimum atomic E-state index is -1.13. The molecule has 0 saturated heterocycles. The molecule has 0 saturated carbocycles. The number of nitrogens with one attached hydrogen (secondary N) is 1. The normalized spacial score (nSPS) is 13.1. The molecule has 0 aliphatic rings. The summed E-state index contributed by atoms with van der Waals surface area (Å²) >= 11 is 0. The number of hydrogen-bond acceptors (Lipinski definition) is 6. The van der Waals surface area contributed by atoms with Gasteiger partial charge in [-0.1, -0.05) is 44.2 Å². The summed E-state index contributed by atoms with van der Waals surface area (Å²) in [6, 6.07) is 13.6. The lowest BCUT2D eigenvalue weighted by atomic mass is 9.81. The van der Waals surface area contributed by atoms with Crippen LogP contribution in [0.2, 0.25) is 0 Å². The van der Waals surface area contributed by atoms with Gasteiger partial charge in [-0.25, -0.2) is 4.79 Å². The predicted octanol–water partition coefficient (Wildman–Crippen LogP) is 3.09. The zero-order valence-electron chi connectivity index (χ0n) is 19.4. The van der Waals surface area contributed by atoms with Crippen molar-refractivity contribution >= 4 is 23.5 Å². The van der Waals surface area contributed by atoms with E-state index in [9.17, 15) is 24.6 Å². The number of phenols is 1. The Kier molecular flexibility index (Phi) is 8.99. The van der Waals surface area contributed by atoms with E-state index in [1.165, 1.54) is 12.0 Å². The largest absolute Gasteiger partial charge is 0.508 e. The van der Waals surface area contributed by atoms with Gasteiger partial charge in [0.25, 0.3) is 0 Å². The molecule has 33 heavy (non-hydrogen) atoms. The Morgan fingerprint density at radius 2 is 1.67 bits per heavy atom. The molecule has 0 aromatic heterocycles. The van der Waals surface area contributed by atoms with Crippen LogP contribution in [0.25, 0.3) is 0 Å². The van der Waals surface area contributed by atoms with E-state index in [2.05, 4.69) is 5.32 Å². The lowest BCUT2D eigenvalue weighted by Gasteiger charge is -2.32. The van der Waals surface area contributed by atoms with Gasteiger partial charge in [0.05, 0.1) is 19.6 Å². The topological polar surface area (TPSA) is 116 Å². The molecule has 3 N–H and O–H groups in total. The number of hydrogen-bond donors (Lipinski definition) is 3. The van der Waals surface area contributed by atoms with Crippen LogP contribution in [0.15, 0.2) is 54.6 Å². The molecule has 8 heteroatoms. The highest BCUT2D eigenvalue weighted by atomic mass is 16.5. The summed E-state index contributed by atoms with van der Waals surface area (Å²) in [6.07, 6.45) is 0.175. The average molecular weight is 457 g/mol. The standard InChI is InChI=1S/C25H32N2O6/c1-17(24(32)33-4)27(19-8-6-5-7-9-19)23(31)21(16-22(29)30)26-15-14-25(2,3)18-10-12-20(28)13-11-18/h5-13,17,21,26,28H,14-16H2,1-4H3,(H,29,30)/t17-,21-/m0/s1. The number of methoxy groups -OCH3 is 1. The molecule has 0 aliphatic heterocycles. The monoisotopic (exact) mass is 456 g/mol. The molecular weight excluding hydrogens is 424 g/mol. The van der Waals surface area contributed by atoms with Gasteiger partial charge in [-0.3, -0.25) is 14.5 Å². The number of carbonyl (C=O) groups is 3. The maximum atomic E-state index is 13.5. The molecule has 2 aromatic rings. The van der Waals surface area contributed by atoms with E-state index in [0.29, 0.717) is 18.7 Å². The lowest BCUT2D eigenvalue weighted by Crippen LogP contribution is -2.53. The van der Waals surface area contributed by atoms with Gasteiger partial charge in [0.2, 0.25) is 5.91 Å². The fraction of sp³-hybridized carbons (Fsp3) is 0.400. The summed E-state index contributed by atoms with van der Waals surface area (Å²) in [5.41, 5.74) is 1.20. The van der Waals surface area contributed by atoms with Crippen molar-refractivity contribution in [2.75, 3.05) is 18.6 Å². The second-order valence-corrected chi connectivity index (χ2v) is 8.53. The van der Waals surface area contributed by atoms with E-state index in [1.807, 2.05) is 26.0 Å². The van der Waals surface area contributed by atoms with Crippen LogP contribution in [0.1, 0.15) is 39.2 Å². The van der Waals surface area contributed by atoms with Crippen LogP contribution in [0.3, 0.4) is 0 Å². The van der Waals surface area contributed by atoms with Gasteiger partial charge in [-0.2, -0.15) is 0 Å². The number of benzene rings is 2. The summed E-state index contributed by atoms with van der Waals surface area (Å²) in [6.45, 7) is 5.98. The zero-order valence-corrected chi connectivity index (χ0v) is 19.4. The summed E-state index contributed by atoms with van der Waals surface area (Å²) in [7, 11) is 1.24. The highest BCUT2D eigenvalue weighted by Gasteiger charge is 2.34. The first-order valence-electron chi connectivity index (χ1n) is 10.8. The minimum absolute atomic E-state index is 0.181. The molecule has 0 unspecified atom stereocenters. The van der Waals surface area contributed by atoms with Gasteiger partial charge in [-0.15, -0.1) is 0 Å². The van der Waals surface area contributed by atoms with E-state index in [0.717, 1.165) is 5.56 Å². The summed E-state index contributed by atoms with van der Waals surface area (Å²) in [5, 5.41) is 22.0. The summed E-state index contributed by atoms with van der Waals surface area (Å²) in [4.78, 5) is 38.5. The van der Waals surface area contributed by atoms with Crippen molar-refractivity contribution in [1.29, 1.82) is 0 Å². The van der Waals surface area contributed by atoms with Crippen molar-refractivity contribution in [3.05, 3.63) is 60.2 Å². The van der Waals surface area contributed by atoms with Gasteiger partial charge in [0.15, 0.2) is 0 Å². The van der Waals surface area contributed by atoms with Gasteiger partial charge in [-0.05, 0) is 55.1 Å². The van der Waals surface area contributed by atoms with Crippen molar-refractivity contribution in [3.63, 3.8) is 0 Å². The van der Waals surface area contributed by atoms with Gasteiger partial charge in [0, 0.05) is 5.69 Å². The molecule has 0 bridgehead atoms. The van der Waals surface area contributed by atoms with Crippen molar-refractivity contribution in [2.24, 2.45) is 0 Å². The smallest absolute Gasteiger partial charge is 0.328 e. The molecule has 178 valence electrons. The Labute approximate surface area is 194 Å². The number of rotatable bonds is 11. The number of para-hydroxylation sites is 1. The third-order valence-electron chi connectivity index (χ3n) is 5.67. The number of carboxylic acids is 1. The van der Waals surface area contributed by atoms with E-state index in [-0.39, 0.29) is 11.2 Å².